The topological polar surface area (TPSA) is 20.2 Å². The molecule has 2 rings (SSSR count). The Morgan fingerprint density at radius 3 is 2.52 bits per heavy atom. The van der Waals surface area contributed by atoms with E-state index < -0.39 is 0 Å². The Morgan fingerprint density at radius 2 is 1.86 bits per heavy atom. The Labute approximate surface area is 132 Å². The van der Waals surface area contributed by atoms with Gasteiger partial charge in [-0.15, -0.1) is 0 Å². The molecule has 0 spiro atoms. The molecule has 0 radical (unpaired) electrons. The lowest BCUT2D eigenvalue weighted by atomic mass is 9.55. The molecule has 1 nitrogen and oxygen atoms in total. The van der Waals surface area contributed by atoms with Gasteiger partial charge in [0.05, 0.1) is 0 Å². The smallest absolute Gasteiger partial charge is 0.0433 e. The second-order valence-corrected chi connectivity index (χ2v) is 8.71. The second kappa shape index (κ2) is 6.44. The average molecular weight is 293 g/mol. The maximum atomic E-state index is 9.14. The summed E-state index contributed by atoms with van der Waals surface area (Å²) in [4.78, 5) is 0. The minimum atomic E-state index is 0.342. The average Bonchev–Trinajstić information content (AvgIpc) is 2.41. The maximum absolute atomic E-state index is 9.14. The van der Waals surface area contributed by atoms with Crippen LogP contribution in [0.1, 0.15) is 86.0 Å². The van der Waals surface area contributed by atoms with Crippen LogP contribution in [0.25, 0.3) is 0 Å². The lowest BCUT2D eigenvalue weighted by Gasteiger charge is -2.50. The van der Waals surface area contributed by atoms with Crippen molar-refractivity contribution in [2.45, 2.75) is 86.0 Å². The van der Waals surface area contributed by atoms with E-state index in [0.29, 0.717) is 23.4 Å². The summed E-state index contributed by atoms with van der Waals surface area (Å²) in [6.07, 6.45) is 10.3. The van der Waals surface area contributed by atoms with Crippen molar-refractivity contribution in [3.05, 3.63) is 11.1 Å². The molecule has 2 aliphatic carbocycles. The van der Waals surface area contributed by atoms with E-state index >= 15 is 0 Å². The summed E-state index contributed by atoms with van der Waals surface area (Å²) in [5.74, 6) is 1.47. The van der Waals surface area contributed by atoms with Crippen LogP contribution in [0.5, 0.6) is 0 Å². The van der Waals surface area contributed by atoms with Crippen LogP contribution in [0.3, 0.4) is 0 Å². The van der Waals surface area contributed by atoms with Crippen LogP contribution < -0.4 is 0 Å². The van der Waals surface area contributed by atoms with E-state index in [2.05, 4.69) is 34.6 Å². The Hall–Kier alpha value is -0.300. The molecule has 0 bridgehead atoms. The first-order valence-corrected chi connectivity index (χ1v) is 9.15. The number of allylic oxidation sites excluding steroid dienone is 2. The van der Waals surface area contributed by atoms with Gasteiger partial charge in [-0.1, -0.05) is 45.8 Å². The van der Waals surface area contributed by atoms with Crippen molar-refractivity contribution in [2.24, 2.45) is 22.7 Å². The van der Waals surface area contributed by atoms with Crippen molar-refractivity contribution < 1.29 is 5.11 Å². The molecule has 21 heavy (non-hydrogen) atoms. The second-order valence-electron chi connectivity index (χ2n) is 8.71. The van der Waals surface area contributed by atoms with Gasteiger partial charge in [0.2, 0.25) is 0 Å². The van der Waals surface area contributed by atoms with E-state index in [4.69, 9.17) is 5.11 Å². The third-order valence-electron chi connectivity index (χ3n) is 6.79. The third-order valence-corrected chi connectivity index (χ3v) is 6.79. The van der Waals surface area contributed by atoms with Crippen LogP contribution in [0.15, 0.2) is 11.1 Å². The van der Waals surface area contributed by atoms with Crippen LogP contribution >= 0.6 is 0 Å². The molecule has 2 aliphatic rings. The molecule has 1 heteroatoms. The molecular formula is C20H36O. The lowest BCUT2D eigenvalue weighted by Crippen LogP contribution is -2.38. The predicted octanol–water partition coefficient (Wildman–Crippen LogP) is 5.73. The fourth-order valence-corrected chi connectivity index (χ4v) is 4.82. The summed E-state index contributed by atoms with van der Waals surface area (Å²) in [6.45, 7) is 12.6. The first-order valence-electron chi connectivity index (χ1n) is 9.15. The summed E-state index contributed by atoms with van der Waals surface area (Å²) >= 11 is 0. The van der Waals surface area contributed by atoms with Crippen molar-refractivity contribution in [3.8, 4) is 0 Å². The Balaban J connectivity index is 2.22. The summed E-state index contributed by atoms with van der Waals surface area (Å²) in [6, 6.07) is 0. The Bertz CT molecular complexity index is 393. The summed E-state index contributed by atoms with van der Waals surface area (Å²) in [5.41, 5.74) is 4.48. The van der Waals surface area contributed by atoms with Crippen molar-refractivity contribution in [3.63, 3.8) is 0 Å². The van der Waals surface area contributed by atoms with Gasteiger partial charge in [-0.3, -0.25) is 0 Å². The third kappa shape index (κ3) is 3.38. The van der Waals surface area contributed by atoms with Gasteiger partial charge in [0.15, 0.2) is 0 Å². The molecule has 0 aromatic heterocycles. The number of hydrogen-bond acceptors (Lipinski definition) is 1. The monoisotopic (exact) mass is 292 g/mol. The lowest BCUT2D eigenvalue weighted by molar-refractivity contribution is 0.154. The van der Waals surface area contributed by atoms with Gasteiger partial charge < -0.3 is 5.11 Å². The van der Waals surface area contributed by atoms with Crippen LogP contribution in [0.4, 0.5) is 0 Å². The Morgan fingerprint density at radius 1 is 1.14 bits per heavy atom. The summed E-state index contributed by atoms with van der Waals surface area (Å²) in [7, 11) is 0. The van der Waals surface area contributed by atoms with Gasteiger partial charge in [0, 0.05) is 6.61 Å². The van der Waals surface area contributed by atoms with E-state index in [1.165, 1.54) is 44.9 Å². The number of aliphatic hydroxyl groups is 1. The highest BCUT2D eigenvalue weighted by Gasteiger charge is 2.44. The molecule has 3 atom stereocenters. The van der Waals surface area contributed by atoms with Crippen molar-refractivity contribution in [1.29, 1.82) is 0 Å². The van der Waals surface area contributed by atoms with Crippen LogP contribution in [-0.2, 0) is 0 Å². The van der Waals surface area contributed by atoms with E-state index in [0.717, 1.165) is 12.3 Å². The van der Waals surface area contributed by atoms with Crippen LogP contribution in [0, 0.1) is 22.7 Å². The van der Waals surface area contributed by atoms with E-state index in [1.54, 1.807) is 0 Å². The van der Waals surface area contributed by atoms with Gasteiger partial charge >= 0.3 is 0 Å². The zero-order valence-electron chi connectivity index (χ0n) is 15.0. The number of hydrogen-bond donors (Lipinski definition) is 1. The molecule has 0 aromatic rings. The van der Waals surface area contributed by atoms with Crippen molar-refractivity contribution in [1.82, 2.24) is 0 Å². The SMILES string of the molecule is C[C@H](CCO)CC[C@@]1(C)C2=C(CC[C@@H]1C)C(C)(C)CCC2. The quantitative estimate of drug-likeness (QED) is 0.642. The zero-order valence-corrected chi connectivity index (χ0v) is 15.0. The van der Waals surface area contributed by atoms with Gasteiger partial charge in [0.25, 0.3) is 0 Å². The van der Waals surface area contributed by atoms with Crippen molar-refractivity contribution in [2.75, 3.05) is 6.61 Å². The van der Waals surface area contributed by atoms with E-state index in [9.17, 15) is 0 Å². The molecule has 0 heterocycles. The molecule has 0 aliphatic heterocycles. The molecular weight excluding hydrogens is 256 g/mol. The minimum absolute atomic E-state index is 0.342. The molecule has 122 valence electrons. The van der Waals surface area contributed by atoms with E-state index in [-0.39, 0.29) is 0 Å². The van der Waals surface area contributed by atoms with Crippen LogP contribution in [-0.4, -0.2) is 11.7 Å². The highest BCUT2D eigenvalue weighted by atomic mass is 16.3. The van der Waals surface area contributed by atoms with Gasteiger partial charge in [-0.05, 0) is 74.0 Å². The number of aliphatic hydroxyl groups excluding tert-OH is 1. The molecule has 0 saturated carbocycles. The fourth-order valence-electron chi connectivity index (χ4n) is 4.82. The van der Waals surface area contributed by atoms with Crippen molar-refractivity contribution >= 4 is 0 Å². The highest BCUT2D eigenvalue weighted by Crippen LogP contribution is 2.56. The largest absolute Gasteiger partial charge is 0.396 e. The zero-order chi connectivity index (χ0) is 15.7. The minimum Gasteiger partial charge on any atom is -0.396 e. The molecule has 0 aromatic carbocycles. The standard InChI is InChI=1S/C20H36O/c1-15(11-14-21)10-13-20(5)16(2)8-9-17-18(20)7-6-12-19(17,3)4/h15-16,21H,6-14H2,1-5H3/t15-,16-,20+/m0/s1. The molecule has 0 unspecified atom stereocenters. The first-order chi connectivity index (χ1) is 9.81. The maximum Gasteiger partial charge on any atom is 0.0433 e. The Kier molecular flexibility index (Phi) is 5.23. The summed E-state index contributed by atoms with van der Waals surface area (Å²) in [5, 5.41) is 9.14. The molecule has 0 amide bonds. The van der Waals surface area contributed by atoms with Gasteiger partial charge in [-0.2, -0.15) is 0 Å². The van der Waals surface area contributed by atoms with Gasteiger partial charge in [0.1, 0.15) is 0 Å². The predicted molar refractivity (Wildman–Crippen MR) is 91.3 cm³/mol. The summed E-state index contributed by atoms with van der Waals surface area (Å²) < 4.78 is 0. The molecule has 0 fully saturated rings. The molecule has 0 saturated heterocycles. The fraction of sp³-hybridized carbons (Fsp3) is 0.900. The molecule has 1 N–H and O–H groups in total. The first kappa shape index (κ1) is 17.1. The number of rotatable bonds is 5. The normalized spacial score (nSPS) is 33.7. The van der Waals surface area contributed by atoms with E-state index in [1.807, 2.05) is 11.1 Å². The van der Waals surface area contributed by atoms with Gasteiger partial charge in [-0.25, -0.2) is 0 Å². The van der Waals surface area contributed by atoms with Crippen LogP contribution in [0.2, 0.25) is 0 Å². The highest BCUT2D eigenvalue weighted by molar-refractivity contribution is 5.32.